The first-order valence-electron chi connectivity index (χ1n) is 9.32. The quantitative estimate of drug-likeness (QED) is 0.605. The Morgan fingerprint density at radius 2 is 1.77 bits per heavy atom. The van der Waals surface area contributed by atoms with Crippen LogP contribution in [0.5, 0.6) is 0 Å². The van der Waals surface area contributed by atoms with E-state index in [0.717, 1.165) is 24.0 Å². The zero-order valence-corrected chi connectivity index (χ0v) is 16.1. The number of benzene rings is 2. The molecule has 0 N–H and O–H groups in total. The Balaban J connectivity index is 1.89. The van der Waals surface area contributed by atoms with Crippen molar-refractivity contribution in [3.63, 3.8) is 0 Å². The van der Waals surface area contributed by atoms with Gasteiger partial charge in [0.05, 0.1) is 0 Å². The molecule has 0 saturated heterocycles. The van der Waals surface area contributed by atoms with Crippen LogP contribution in [0.1, 0.15) is 60.0 Å². The summed E-state index contributed by atoms with van der Waals surface area (Å²) in [5, 5.41) is 0.667. The van der Waals surface area contributed by atoms with E-state index in [-0.39, 0.29) is 17.6 Å². The van der Waals surface area contributed by atoms with E-state index in [4.69, 9.17) is 11.6 Å². The van der Waals surface area contributed by atoms with Crippen molar-refractivity contribution in [2.75, 3.05) is 0 Å². The minimum atomic E-state index is -0.0886. The first-order valence-corrected chi connectivity index (χ1v) is 9.70. The smallest absolute Gasteiger partial charge is 0.163 e. The fourth-order valence-corrected chi connectivity index (χ4v) is 4.03. The molecule has 0 heterocycles. The fraction of sp³-hybridized carbons (Fsp3) is 0.391. The molecule has 136 valence electrons. The molecule has 0 spiro atoms. The van der Waals surface area contributed by atoms with E-state index in [1.165, 1.54) is 0 Å². The lowest BCUT2D eigenvalue weighted by atomic mass is 9.70. The predicted molar refractivity (Wildman–Crippen MR) is 106 cm³/mol. The van der Waals surface area contributed by atoms with E-state index >= 15 is 0 Å². The highest BCUT2D eigenvalue weighted by atomic mass is 35.5. The van der Waals surface area contributed by atoms with Gasteiger partial charge in [0.15, 0.2) is 5.78 Å². The lowest BCUT2D eigenvalue weighted by molar-refractivity contribution is -0.126. The summed E-state index contributed by atoms with van der Waals surface area (Å²) in [4.78, 5) is 25.5. The Kier molecular flexibility index (Phi) is 5.93. The van der Waals surface area contributed by atoms with Gasteiger partial charge in [-0.05, 0) is 43.4 Å². The standard InChI is InChI=1S/C23H25ClO2/c1-15-3-6-18(7-4-15)23(26)14-20(17-8-10-19(24)11-9-17)21-13-16(2)5-12-22(21)25/h3-4,6-11,16,20-21H,5,12-14H2,1-2H3/t16-,20-,21-/m0/s1. The molecule has 1 aliphatic rings. The number of halogens is 1. The molecule has 1 aliphatic carbocycles. The molecule has 0 aliphatic heterocycles. The molecule has 0 bridgehead atoms. The monoisotopic (exact) mass is 368 g/mol. The van der Waals surface area contributed by atoms with Gasteiger partial charge in [0, 0.05) is 35.3 Å². The molecular weight excluding hydrogens is 344 g/mol. The molecule has 0 aromatic heterocycles. The summed E-state index contributed by atoms with van der Waals surface area (Å²) in [6, 6.07) is 15.3. The van der Waals surface area contributed by atoms with Gasteiger partial charge in [-0.1, -0.05) is 60.5 Å². The van der Waals surface area contributed by atoms with Gasteiger partial charge in [-0.25, -0.2) is 0 Å². The summed E-state index contributed by atoms with van der Waals surface area (Å²) < 4.78 is 0. The predicted octanol–water partition coefficient (Wildman–Crippen LogP) is 6.01. The average Bonchev–Trinajstić information content (AvgIpc) is 2.63. The third-order valence-electron chi connectivity index (χ3n) is 5.52. The van der Waals surface area contributed by atoms with Crippen LogP contribution in [0.3, 0.4) is 0 Å². The lowest BCUT2D eigenvalue weighted by Crippen LogP contribution is -2.30. The molecule has 3 atom stereocenters. The molecule has 0 radical (unpaired) electrons. The maximum absolute atomic E-state index is 12.9. The summed E-state index contributed by atoms with van der Waals surface area (Å²) in [6.07, 6.45) is 2.78. The van der Waals surface area contributed by atoms with Gasteiger partial charge in [-0.2, -0.15) is 0 Å². The van der Waals surface area contributed by atoms with Gasteiger partial charge in [0.25, 0.3) is 0 Å². The van der Waals surface area contributed by atoms with Crippen LogP contribution in [0, 0.1) is 18.8 Å². The Labute approximate surface area is 160 Å². The van der Waals surface area contributed by atoms with Crippen molar-refractivity contribution in [2.45, 2.75) is 45.4 Å². The number of ketones is 2. The van der Waals surface area contributed by atoms with Crippen molar-refractivity contribution in [3.05, 3.63) is 70.2 Å². The number of carbonyl (C=O) groups is 2. The molecule has 26 heavy (non-hydrogen) atoms. The first kappa shape index (κ1) is 18.8. The highest BCUT2D eigenvalue weighted by Crippen LogP contribution is 2.39. The Morgan fingerprint density at radius 3 is 2.42 bits per heavy atom. The number of aryl methyl sites for hydroxylation is 1. The minimum Gasteiger partial charge on any atom is -0.299 e. The normalized spacial score (nSPS) is 21.4. The maximum atomic E-state index is 12.9. The van der Waals surface area contributed by atoms with Gasteiger partial charge in [-0.3, -0.25) is 9.59 Å². The number of Topliss-reactive ketones (excluding diaryl/α,β-unsaturated/α-hetero) is 2. The molecule has 2 aromatic rings. The number of rotatable bonds is 5. The van der Waals surface area contributed by atoms with Crippen molar-refractivity contribution < 1.29 is 9.59 Å². The van der Waals surface area contributed by atoms with Crippen LogP contribution in [0.25, 0.3) is 0 Å². The lowest BCUT2D eigenvalue weighted by Gasteiger charge is -2.32. The maximum Gasteiger partial charge on any atom is 0.163 e. The van der Waals surface area contributed by atoms with Crippen LogP contribution in [-0.2, 0) is 4.79 Å². The molecule has 3 rings (SSSR count). The van der Waals surface area contributed by atoms with E-state index in [9.17, 15) is 9.59 Å². The van der Waals surface area contributed by atoms with Gasteiger partial charge in [0.1, 0.15) is 5.78 Å². The summed E-state index contributed by atoms with van der Waals surface area (Å²) in [5.41, 5.74) is 2.88. The second-order valence-electron chi connectivity index (χ2n) is 7.60. The van der Waals surface area contributed by atoms with Crippen molar-refractivity contribution in [1.82, 2.24) is 0 Å². The van der Waals surface area contributed by atoms with Crippen LogP contribution >= 0.6 is 11.6 Å². The van der Waals surface area contributed by atoms with Gasteiger partial charge in [0.2, 0.25) is 0 Å². The van der Waals surface area contributed by atoms with E-state index < -0.39 is 0 Å². The van der Waals surface area contributed by atoms with Crippen molar-refractivity contribution in [3.8, 4) is 0 Å². The van der Waals surface area contributed by atoms with E-state index in [2.05, 4.69) is 6.92 Å². The van der Waals surface area contributed by atoms with Crippen molar-refractivity contribution in [1.29, 1.82) is 0 Å². The van der Waals surface area contributed by atoms with Gasteiger partial charge < -0.3 is 0 Å². The second-order valence-corrected chi connectivity index (χ2v) is 8.04. The Bertz CT molecular complexity index is 777. The van der Waals surface area contributed by atoms with Crippen LogP contribution in [0.15, 0.2) is 48.5 Å². The van der Waals surface area contributed by atoms with E-state index in [1.807, 2.05) is 55.5 Å². The summed E-state index contributed by atoms with van der Waals surface area (Å²) >= 11 is 6.04. The van der Waals surface area contributed by atoms with Crippen molar-refractivity contribution in [2.24, 2.45) is 11.8 Å². The molecule has 2 aromatic carbocycles. The number of hydrogen-bond donors (Lipinski definition) is 0. The summed E-state index contributed by atoms with van der Waals surface area (Å²) in [5.74, 6) is 0.725. The highest BCUT2D eigenvalue weighted by Gasteiger charge is 2.35. The third-order valence-corrected chi connectivity index (χ3v) is 5.77. The molecule has 3 heteroatoms. The zero-order chi connectivity index (χ0) is 18.7. The molecular formula is C23H25ClO2. The Hall–Kier alpha value is -1.93. The van der Waals surface area contributed by atoms with E-state index in [0.29, 0.717) is 35.1 Å². The molecule has 1 saturated carbocycles. The zero-order valence-electron chi connectivity index (χ0n) is 15.4. The van der Waals surface area contributed by atoms with Crippen LogP contribution in [0.4, 0.5) is 0 Å². The summed E-state index contributed by atoms with van der Waals surface area (Å²) in [6.45, 7) is 4.20. The Morgan fingerprint density at radius 1 is 1.12 bits per heavy atom. The second kappa shape index (κ2) is 8.18. The fourth-order valence-electron chi connectivity index (χ4n) is 3.90. The van der Waals surface area contributed by atoms with Crippen molar-refractivity contribution >= 4 is 23.2 Å². The average molecular weight is 369 g/mol. The highest BCUT2D eigenvalue weighted by molar-refractivity contribution is 6.30. The molecule has 0 amide bonds. The molecule has 1 fully saturated rings. The third kappa shape index (κ3) is 4.42. The molecule has 0 unspecified atom stereocenters. The van der Waals surface area contributed by atoms with Crippen LogP contribution < -0.4 is 0 Å². The molecule has 2 nitrogen and oxygen atoms in total. The van der Waals surface area contributed by atoms with E-state index in [1.54, 1.807) is 0 Å². The van der Waals surface area contributed by atoms with Crippen LogP contribution in [-0.4, -0.2) is 11.6 Å². The van der Waals surface area contributed by atoms with Gasteiger partial charge in [-0.15, -0.1) is 0 Å². The minimum absolute atomic E-state index is 0.0867. The number of hydrogen-bond acceptors (Lipinski definition) is 2. The first-order chi connectivity index (χ1) is 12.4. The SMILES string of the molecule is Cc1ccc(C(=O)C[C@@H](c2ccc(Cl)cc2)[C@@H]2C[C@@H](C)CCC2=O)cc1. The topological polar surface area (TPSA) is 34.1 Å². The number of carbonyl (C=O) groups excluding carboxylic acids is 2. The summed E-state index contributed by atoms with van der Waals surface area (Å²) in [7, 11) is 0. The largest absolute Gasteiger partial charge is 0.299 e. The van der Waals surface area contributed by atoms with Gasteiger partial charge >= 0.3 is 0 Å². The van der Waals surface area contributed by atoms with Crippen LogP contribution in [0.2, 0.25) is 5.02 Å².